The van der Waals surface area contributed by atoms with Crippen LogP contribution in [0.25, 0.3) is 5.76 Å². The Morgan fingerprint density at radius 3 is 2.57 bits per heavy atom. The van der Waals surface area contributed by atoms with Crippen molar-refractivity contribution >= 4 is 22.9 Å². The summed E-state index contributed by atoms with van der Waals surface area (Å²) in [5.74, 6) is -2.74. The molecule has 1 aromatic heterocycles. The molecule has 0 amide bonds. The van der Waals surface area contributed by atoms with Crippen LogP contribution in [0.1, 0.15) is 5.56 Å². The summed E-state index contributed by atoms with van der Waals surface area (Å²) in [5.41, 5.74) is 0.201. The third-order valence-electron chi connectivity index (χ3n) is 1.36. The quantitative estimate of drug-likeness (QED) is 0.617. The summed E-state index contributed by atoms with van der Waals surface area (Å²) >= 11 is 1.21. The maximum Gasteiger partial charge on any atom is 0.454 e. The molecule has 76 valence electrons. The first-order chi connectivity index (χ1) is 6.41. The fourth-order valence-corrected chi connectivity index (χ4v) is 1.35. The van der Waals surface area contributed by atoms with E-state index >= 15 is 0 Å². The first kappa shape index (κ1) is 10.8. The van der Waals surface area contributed by atoms with Crippen LogP contribution in [0.2, 0.25) is 0 Å². The highest BCUT2D eigenvalue weighted by molar-refractivity contribution is 7.08. The second kappa shape index (κ2) is 3.83. The van der Waals surface area contributed by atoms with Crippen LogP contribution in [0.15, 0.2) is 22.9 Å². The van der Waals surface area contributed by atoms with E-state index in [4.69, 9.17) is 5.11 Å². The lowest BCUT2D eigenvalue weighted by molar-refractivity contribution is -0.165. The van der Waals surface area contributed by atoms with Crippen LogP contribution in [0.3, 0.4) is 0 Å². The van der Waals surface area contributed by atoms with Gasteiger partial charge in [0.05, 0.1) is 0 Å². The fourth-order valence-electron chi connectivity index (χ4n) is 0.700. The maximum atomic E-state index is 11.7. The van der Waals surface area contributed by atoms with E-state index in [0.717, 1.165) is 0 Å². The molecular weight excluding hydrogens is 217 g/mol. The van der Waals surface area contributed by atoms with Gasteiger partial charge in [-0.15, -0.1) is 0 Å². The third-order valence-corrected chi connectivity index (χ3v) is 2.05. The van der Waals surface area contributed by atoms with Crippen LogP contribution in [0.4, 0.5) is 13.2 Å². The number of ketones is 1. The molecule has 0 spiro atoms. The number of thiophene rings is 1. The minimum Gasteiger partial charge on any atom is -0.507 e. The minimum absolute atomic E-state index is 0.169. The van der Waals surface area contributed by atoms with Gasteiger partial charge < -0.3 is 5.11 Å². The Labute approximate surface area is 81.3 Å². The van der Waals surface area contributed by atoms with Crippen molar-refractivity contribution in [3.05, 3.63) is 28.5 Å². The summed E-state index contributed by atoms with van der Waals surface area (Å²) in [5, 5.41) is 12.1. The Balaban J connectivity index is 2.85. The van der Waals surface area contributed by atoms with E-state index in [1.54, 1.807) is 5.38 Å². The predicted octanol–water partition coefficient (Wildman–Crippen LogP) is 2.78. The molecule has 0 aliphatic heterocycles. The molecule has 0 atom stereocenters. The molecule has 1 heterocycles. The largest absolute Gasteiger partial charge is 0.507 e. The summed E-state index contributed by atoms with van der Waals surface area (Å²) in [6.07, 6.45) is -4.77. The highest BCUT2D eigenvalue weighted by Crippen LogP contribution is 2.20. The molecule has 0 fully saturated rings. The van der Waals surface area contributed by atoms with Gasteiger partial charge in [0.25, 0.3) is 5.78 Å². The highest BCUT2D eigenvalue weighted by Gasteiger charge is 2.36. The number of carbonyl (C=O) groups excluding carboxylic acids is 1. The van der Waals surface area contributed by atoms with E-state index in [-0.39, 0.29) is 11.6 Å². The monoisotopic (exact) mass is 222 g/mol. The molecule has 1 rings (SSSR count). The molecule has 0 saturated carbocycles. The molecule has 2 nitrogen and oxygen atoms in total. The Morgan fingerprint density at radius 2 is 2.14 bits per heavy atom. The zero-order chi connectivity index (χ0) is 10.8. The molecule has 0 radical (unpaired) electrons. The fraction of sp³-hybridized carbons (Fsp3) is 0.125. The van der Waals surface area contributed by atoms with Crippen LogP contribution >= 0.6 is 11.3 Å². The van der Waals surface area contributed by atoms with Gasteiger partial charge in [0.2, 0.25) is 0 Å². The van der Waals surface area contributed by atoms with E-state index in [2.05, 4.69) is 0 Å². The summed E-state index contributed by atoms with van der Waals surface area (Å²) in [6, 6.07) is 1.42. The van der Waals surface area contributed by atoms with Crippen LogP contribution in [0.5, 0.6) is 0 Å². The molecule has 14 heavy (non-hydrogen) atoms. The second-order valence-electron chi connectivity index (χ2n) is 2.40. The molecule has 1 N–H and O–H groups in total. The van der Waals surface area contributed by atoms with E-state index in [0.29, 0.717) is 0 Å². The minimum atomic E-state index is -4.94. The Kier molecular flexibility index (Phi) is 2.95. The molecular formula is C8H5F3O2S. The van der Waals surface area contributed by atoms with Gasteiger partial charge in [0, 0.05) is 17.0 Å². The van der Waals surface area contributed by atoms with Gasteiger partial charge in [-0.05, 0) is 11.4 Å². The average molecular weight is 222 g/mol. The summed E-state index contributed by atoms with van der Waals surface area (Å²) in [7, 11) is 0. The van der Waals surface area contributed by atoms with E-state index in [1.807, 2.05) is 0 Å². The number of hydrogen-bond donors (Lipinski definition) is 1. The number of alkyl halides is 3. The first-order valence-corrected chi connectivity index (χ1v) is 4.40. The molecule has 6 heteroatoms. The SMILES string of the molecule is O=C(/C=C(\O)c1ccsc1)C(F)(F)F. The molecule has 1 aromatic rings. The van der Waals surface area contributed by atoms with Crippen molar-refractivity contribution in [1.82, 2.24) is 0 Å². The van der Waals surface area contributed by atoms with Gasteiger partial charge >= 0.3 is 6.18 Å². The van der Waals surface area contributed by atoms with Gasteiger partial charge in [-0.25, -0.2) is 0 Å². The molecule has 0 aromatic carbocycles. The summed E-state index contributed by atoms with van der Waals surface area (Å²) < 4.78 is 35.2. The van der Waals surface area contributed by atoms with Crippen molar-refractivity contribution in [2.24, 2.45) is 0 Å². The van der Waals surface area contributed by atoms with Crippen molar-refractivity contribution in [3.8, 4) is 0 Å². The molecule has 0 aliphatic carbocycles. The topological polar surface area (TPSA) is 37.3 Å². The molecule has 0 saturated heterocycles. The Hall–Kier alpha value is -1.30. The van der Waals surface area contributed by atoms with Crippen LogP contribution in [-0.4, -0.2) is 17.1 Å². The molecule has 0 bridgehead atoms. The van der Waals surface area contributed by atoms with Crippen molar-refractivity contribution in [2.45, 2.75) is 6.18 Å². The predicted molar refractivity (Wildman–Crippen MR) is 46.0 cm³/mol. The van der Waals surface area contributed by atoms with Gasteiger partial charge in [0.15, 0.2) is 0 Å². The van der Waals surface area contributed by atoms with E-state index < -0.39 is 17.7 Å². The number of rotatable bonds is 2. The van der Waals surface area contributed by atoms with Gasteiger partial charge in [0.1, 0.15) is 5.76 Å². The summed E-state index contributed by atoms with van der Waals surface area (Å²) in [6.45, 7) is 0. The van der Waals surface area contributed by atoms with Gasteiger partial charge in [-0.2, -0.15) is 24.5 Å². The van der Waals surface area contributed by atoms with E-state index in [9.17, 15) is 18.0 Å². The van der Waals surface area contributed by atoms with Crippen molar-refractivity contribution in [3.63, 3.8) is 0 Å². The zero-order valence-corrected chi connectivity index (χ0v) is 7.52. The first-order valence-electron chi connectivity index (χ1n) is 3.45. The zero-order valence-electron chi connectivity index (χ0n) is 6.71. The van der Waals surface area contributed by atoms with Crippen LogP contribution < -0.4 is 0 Å². The summed E-state index contributed by atoms with van der Waals surface area (Å²) in [4.78, 5) is 10.4. The standard InChI is InChI=1S/C8H5F3O2S/c9-8(10,11)7(13)3-6(12)5-1-2-14-4-5/h1-4,12H/b6-3-. The number of aliphatic hydroxyl groups is 1. The van der Waals surface area contributed by atoms with Gasteiger partial charge in [-0.1, -0.05) is 0 Å². The highest BCUT2D eigenvalue weighted by atomic mass is 32.1. The third kappa shape index (κ3) is 2.59. The number of carbonyl (C=O) groups is 1. The Bertz CT molecular complexity index is 351. The molecule has 0 aliphatic rings. The maximum absolute atomic E-state index is 11.7. The van der Waals surface area contributed by atoms with Gasteiger partial charge in [-0.3, -0.25) is 4.79 Å². The number of hydrogen-bond acceptors (Lipinski definition) is 3. The molecule has 0 unspecified atom stereocenters. The number of allylic oxidation sites excluding steroid dienone is 1. The second-order valence-corrected chi connectivity index (χ2v) is 3.18. The number of aliphatic hydroxyl groups excluding tert-OH is 1. The lowest BCUT2D eigenvalue weighted by Gasteiger charge is -2.00. The van der Waals surface area contributed by atoms with E-state index in [1.165, 1.54) is 22.8 Å². The normalized spacial score (nSPS) is 12.9. The van der Waals surface area contributed by atoms with Crippen molar-refractivity contribution in [1.29, 1.82) is 0 Å². The lowest BCUT2D eigenvalue weighted by atomic mass is 10.2. The Morgan fingerprint density at radius 1 is 1.50 bits per heavy atom. The number of halogens is 3. The smallest absolute Gasteiger partial charge is 0.454 e. The lowest BCUT2D eigenvalue weighted by Crippen LogP contribution is -2.20. The van der Waals surface area contributed by atoms with Crippen molar-refractivity contribution < 1.29 is 23.1 Å². The van der Waals surface area contributed by atoms with Crippen LogP contribution in [0, 0.1) is 0 Å². The average Bonchev–Trinajstić information content (AvgIpc) is 2.53. The van der Waals surface area contributed by atoms with Crippen LogP contribution in [-0.2, 0) is 4.79 Å². The van der Waals surface area contributed by atoms with Crippen molar-refractivity contribution in [2.75, 3.05) is 0 Å².